The van der Waals surface area contributed by atoms with E-state index in [1.54, 1.807) is 0 Å². The lowest BCUT2D eigenvalue weighted by Crippen LogP contribution is -2.12. The zero-order valence-electron chi connectivity index (χ0n) is 9.95. The monoisotopic (exact) mass is 252 g/mol. The molecule has 0 saturated heterocycles. The molecule has 3 heteroatoms. The lowest BCUT2D eigenvalue weighted by atomic mass is 9.91. The normalized spacial score (nSPS) is 21.8. The van der Waals surface area contributed by atoms with Crippen LogP contribution < -0.4 is 4.74 Å². The molecule has 1 saturated carbocycles. The fourth-order valence-corrected chi connectivity index (χ4v) is 2.93. The SMILES string of the molecule is CC(C1CC1)C(O)c1cc(Cl)cc2c1OCC2. The van der Waals surface area contributed by atoms with Gasteiger partial charge in [0.1, 0.15) is 5.75 Å². The molecule has 0 spiro atoms. The minimum atomic E-state index is -0.451. The van der Waals surface area contributed by atoms with Crippen molar-refractivity contribution >= 4 is 11.6 Å². The molecule has 2 atom stereocenters. The Morgan fingerprint density at radius 3 is 2.88 bits per heavy atom. The first kappa shape index (κ1) is 11.4. The van der Waals surface area contributed by atoms with E-state index >= 15 is 0 Å². The van der Waals surface area contributed by atoms with Crippen LogP contribution in [0, 0.1) is 11.8 Å². The molecule has 17 heavy (non-hydrogen) atoms. The Kier molecular flexibility index (Phi) is 2.80. The number of hydrogen-bond donors (Lipinski definition) is 1. The lowest BCUT2D eigenvalue weighted by Gasteiger charge is -2.21. The zero-order chi connectivity index (χ0) is 12.0. The standard InChI is InChI=1S/C14H17ClO2/c1-8(9-2-3-9)13(16)12-7-11(15)6-10-4-5-17-14(10)12/h6-9,13,16H,2-5H2,1H3. The Balaban J connectivity index is 1.96. The summed E-state index contributed by atoms with van der Waals surface area (Å²) in [4.78, 5) is 0. The van der Waals surface area contributed by atoms with Crippen molar-refractivity contribution in [3.8, 4) is 5.75 Å². The van der Waals surface area contributed by atoms with Crippen molar-refractivity contribution in [2.45, 2.75) is 32.3 Å². The van der Waals surface area contributed by atoms with Crippen LogP contribution in [0.1, 0.15) is 37.0 Å². The van der Waals surface area contributed by atoms with E-state index in [1.165, 1.54) is 12.8 Å². The zero-order valence-corrected chi connectivity index (χ0v) is 10.7. The van der Waals surface area contributed by atoms with Gasteiger partial charge in [0.25, 0.3) is 0 Å². The van der Waals surface area contributed by atoms with Crippen molar-refractivity contribution in [3.05, 3.63) is 28.3 Å². The third-order valence-corrected chi connectivity index (χ3v) is 4.18. The van der Waals surface area contributed by atoms with Gasteiger partial charge >= 0.3 is 0 Å². The molecule has 1 aromatic carbocycles. The van der Waals surface area contributed by atoms with Gasteiger partial charge < -0.3 is 9.84 Å². The van der Waals surface area contributed by atoms with Gasteiger partial charge in [-0.1, -0.05) is 18.5 Å². The highest BCUT2D eigenvalue weighted by molar-refractivity contribution is 6.30. The molecule has 92 valence electrons. The van der Waals surface area contributed by atoms with E-state index in [0.29, 0.717) is 23.5 Å². The predicted molar refractivity (Wildman–Crippen MR) is 67.5 cm³/mol. The summed E-state index contributed by atoms with van der Waals surface area (Å²) < 4.78 is 5.64. The maximum Gasteiger partial charge on any atom is 0.128 e. The lowest BCUT2D eigenvalue weighted by molar-refractivity contribution is 0.103. The van der Waals surface area contributed by atoms with Crippen molar-refractivity contribution in [2.24, 2.45) is 11.8 Å². The number of fused-ring (bicyclic) bond motifs is 1. The van der Waals surface area contributed by atoms with Gasteiger partial charge in [0.15, 0.2) is 0 Å². The molecule has 2 nitrogen and oxygen atoms in total. The summed E-state index contributed by atoms with van der Waals surface area (Å²) in [5.74, 6) is 1.83. The van der Waals surface area contributed by atoms with Crippen LogP contribution in [0.25, 0.3) is 0 Å². The van der Waals surface area contributed by atoms with Gasteiger partial charge in [-0.05, 0) is 42.4 Å². The molecule has 1 aliphatic carbocycles. The van der Waals surface area contributed by atoms with Crippen LogP contribution in [-0.4, -0.2) is 11.7 Å². The topological polar surface area (TPSA) is 29.5 Å². The Hall–Kier alpha value is -0.730. The number of halogens is 1. The second-order valence-electron chi connectivity index (χ2n) is 5.22. The van der Waals surface area contributed by atoms with Crippen molar-refractivity contribution in [2.75, 3.05) is 6.61 Å². The third kappa shape index (κ3) is 2.04. The summed E-state index contributed by atoms with van der Waals surface area (Å²) in [6, 6.07) is 3.80. The molecular weight excluding hydrogens is 236 g/mol. The fraction of sp³-hybridized carbons (Fsp3) is 0.571. The van der Waals surface area contributed by atoms with Crippen LogP contribution >= 0.6 is 11.6 Å². The van der Waals surface area contributed by atoms with Gasteiger partial charge in [0.2, 0.25) is 0 Å². The number of aliphatic hydroxyl groups excluding tert-OH is 1. The Bertz CT molecular complexity index is 440. The summed E-state index contributed by atoms with van der Waals surface area (Å²) in [6.45, 7) is 2.82. The van der Waals surface area contributed by atoms with Crippen molar-refractivity contribution in [1.82, 2.24) is 0 Å². The van der Waals surface area contributed by atoms with E-state index in [4.69, 9.17) is 16.3 Å². The highest BCUT2D eigenvalue weighted by Gasteiger charge is 2.35. The summed E-state index contributed by atoms with van der Waals surface area (Å²) in [5.41, 5.74) is 2.01. The van der Waals surface area contributed by atoms with E-state index in [-0.39, 0.29) is 0 Å². The molecule has 1 N–H and O–H groups in total. The van der Waals surface area contributed by atoms with Crippen LogP contribution in [0.3, 0.4) is 0 Å². The molecule has 1 aliphatic heterocycles. The Labute approximate surface area is 107 Å². The van der Waals surface area contributed by atoms with Crippen molar-refractivity contribution in [1.29, 1.82) is 0 Å². The van der Waals surface area contributed by atoms with Crippen LogP contribution in [-0.2, 0) is 6.42 Å². The van der Waals surface area contributed by atoms with Gasteiger partial charge in [-0.25, -0.2) is 0 Å². The molecule has 0 amide bonds. The van der Waals surface area contributed by atoms with Crippen molar-refractivity contribution < 1.29 is 9.84 Å². The van der Waals surface area contributed by atoms with Gasteiger partial charge in [0, 0.05) is 17.0 Å². The summed E-state index contributed by atoms with van der Waals surface area (Å²) in [5, 5.41) is 11.1. The highest BCUT2D eigenvalue weighted by Crippen LogP contribution is 2.46. The van der Waals surface area contributed by atoms with Gasteiger partial charge in [-0.3, -0.25) is 0 Å². The molecule has 1 fully saturated rings. The largest absolute Gasteiger partial charge is 0.493 e. The molecule has 1 heterocycles. The van der Waals surface area contributed by atoms with Gasteiger partial charge in [-0.2, -0.15) is 0 Å². The fourth-order valence-electron chi connectivity index (χ4n) is 2.68. The molecule has 1 aromatic rings. The molecular formula is C14H17ClO2. The van der Waals surface area contributed by atoms with Crippen LogP contribution in [0.2, 0.25) is 5.02 Å². The number of benzene rings is 1. The predicted octanol–water partition coefficient (Wildman–Crippen LogP) is 3.35. The maximum absolute atomic E-state index is 10.4. The molecule has 0 radical (unpaired) electrons. The van der Waals surface area contributed by atoms with Crippen LogP contribution in [0.4, 0.5) is 0 Å². The summed E-state index contributed by atoms with van der Waals surface area (Å²) in [7, 11) is 0. The first-order valence-electron chi connectivity index (χ1n) is 6.30. The minimum Gasteiger partial charge on any atom is -0.493 e. The first-order chi connectivity index (χ1) is 8.16. The smallest absolute Gasteiger partial charge is 0.128 e. The minimum absolute atomic E-state index is 0.293. The van der Waals surface area contributed by atoms with E-state index in [9.17, 15) is 5.11 Å². The highest BCUT2D eigenvalue weighted by atomic mass is 35.5. The van der Waals surface area contributed by atoms with E-state index in [0.717, 1.165) is 23.3 Å². The van der Waals surface area contributed by atoms with E-state index in [2.05, 4.69) is 6.92 Å². The van der Waals surface area contributed by atoms with Crippen LogP contribution in [0.5, 0.6) is 5.75 Å². The number of aliphatic hydroxyl groups is 1. The molecule has 0 bridgehead atoms. The average Bonchev–Trinajstić information content (AvgIpc) is 3.05. The third-order valence-electron chi connectivity index (χ3n) is 3.96. The molecule has 3 rings (SSSR count). The Morgan fingerprint density at radius 2 is 2.18 bits per heavy atom. The Morgan fingerprint density at radius 1 is 1.41 bits per heavy atom. The van der Waals surface area contributed by atoms with E-state index in [1.807, 2.05) is 12.1 Å². The number of ether oxygens (including phenoxy) is 1. The second-order valence-corrected chi connectivity index (χ2v) is 5.66. The van der Waals surface area contributed by atoms with Gasteiger partial charge in [0.05, 0.1) is 12.7 Å². The van der Waals surface area contributed by atoms with Gasteiger partial charge in [-0.15, -0.1) is 0 Å². The molecule has 2 unspecified atom stereocenters. The molecule has 2 aliphatic rings. The van der Waals surface area contributed by atoms with Crippen molar-refractivity contribution in [3.63, 3.8) is 0 Å². The quantitative estimate of drug-likeness (QED) is 0.894. The second kappa shape index (κ2) is 4.18. The summed E-state index contributed by atoms with van der Waals surface area (Å²) >= 11 is 6.11. The number of rotatable bonds is 3. The first-order valence-corrected chi connectivity index (χ1v) is 6.68. The average molecular weight is 253 g/mol. The molecule has 0 aromatic heterocycles. The summed E-state index contributed by atoms with van der Waals surface area (Å²) in [6.07, 6.45) is 2.92. The maximum atomic E-state index is 10.4. The number of hydrogen-bond acceptors (Lipinski definition) is 2. The van der Waals surface area contributed by atoms with E-state index < -0.39 is 6.10 Å². The van der Waals surface area contributed by atoms with Crippen LogP contribution in [0.15, 0.2) is 12.1 Å².